The number of nitrogens with one attached hydrogen (secondary N) is 1. The van der Waals surface area contributed by atoms with Gasteiger partial charge in [-0.3, -0.25) is 4.79 Å². The second kappa shape index (κ2) is 10.7. The summed E-state index contributed by atoms with van der Waals surface area (Å²) < 4.78 is 47.7. The van der Waals surface area contributed by atoms with E-state index in [1.165, 1.54) is 36.4 Å². The Labute approximate surface area is 217 Å². The summed E-state index contributed by atoms with van der Waals surface area (Å²) in [5.74, 6) is 0.0280. The lowest BCUT2D eigenvalue weighted by atomic mass is 10.1. The van der Waals surface area contributed by atoms with Crippen LogP contribution in [-0.4, -0.2) is 44.0 Å². The molecule has 1 saturated heterocycles. The predicted octanol–water partition coefficient (Wildman–Crippen LogP) is 4.11. The molecule has 1 aliphatic rings. The van der Waals surface area contributed by atoms with Crippen LogP contribution in [0.4, 0.5) is 16.0 Å². The molecule has 1 aliphatic heterocycles. The summed E-state index contributed by atoms with van der Waals surface area (Å²) in [6.45, 7) is 7.81. The minimum Gasteiger partial charge on any atom is -0.493 e. The number of nitrogen functional groups attached to an aromatic ring is 1. The van der Waals surface area contributed by atoms with Crippen molar-refractivity contribution in [2.75, 3.05) is 30.3 Å². The van der Waals surface area contributed by atoms with Crippen LogP contribution in [0.15, 0.2) is 53.6 Å². The quantitative estimate of drug-likeness (QED) is 0.446. The third-order valence-electron chi connectivity index (χ3n) is 5.84. The topological polar surface area (TPSA) is 128 Å². The van der Waals surface area contributed by atoms with Gasteiger partial charge >= 0.3 is 0 Å². The van der Waals surface area contributed by atoms with Crippen molar-refractivity contribution in [1.29, 1.82) is 0 Å². The standard InChI is InChI=1S/C26H30FN5O4S.H2/c1-16(2)15-36-20-12-18(11-19(27)13-20)22-8-7-21(25(29-22)32-10-9-17(3)14-32)26(33)31-37(34,35)24-6-4-5-23(28)30-24;/h4-8,11-13,16-17H,9-10,14-15H2,1-3H3,(H2,28,30)(H,31,33);1H/t17-;/m0./s1. The number of sulfonamides is 1. The summed E-state index contributed by atoms with van der Waals surface area (Å²) in [5, 5.41) is -0.365. The first-order valence-electron chi connectivity index (χ1n) is 12.0. The van der Waals surface area contributed by atoms with Crippen LogP contribution < -0.4 is 20.1 Å². The highest BCUT2D eigenvalue weighted by atomic mass is 32.2. The minimum absolute atomic E-state index is 0. The Balaban J connectivity index is 0.00000400. The molecular formula is C26H32FN5O4S. The summed E-state index contributed by atoms with van der Waals surface area (Å²) in [6, 6.07) is 11.5. The molecule has 3 N–H and O–H groups in total. The maximum absolute atomic E-state index is 14.4. The first kappa shape index (κ1) is 26.3. The number of pyridine rings is 2. The summed E-state index contributed by atoms with van der Waals surface area (Å²) in [7, 11) is -4.27. The van der Waals surface area contributed by atoms with Crippen molar-refractivity contribution in [2.24, 2.45) is 11.8 Å². The third kappa shape index (κ3) is 6.34. The van der Waals surface area contributed by atoms with E-state index in [-0.39, 0.29) is 23.8 Å². The molecule has 2 aromatic heterocycles. The number of carbonyl (C=O) groups is 1. The number of amides is 1. The number of halogens is 1. The van der Waals surface area contributed by atoms with E-state index in [1.54, 1.807) is 12.1 Å². The van der Waals surface area contributed by atoms with Crippen molar-refractivity contribution >= 4 is 27.6 Å². The zero-order valence-electron chi connectivity index (χ0n) is 20.9. The van der Waals surface area contributed by atoms with Crippen LogP contribution >= 0.6 is 0 Å². The van der Waals surface area contributed by atoms with Gasteiger partial charge in [-0.2, -0.15) is 8.42 Å². The van der Waals surface area contributed by atoms with E-state index in [0.29, 0.717) is 48.4 Å². The van der Waals surface area contributed by atoms with Gasteiger partial charge < -0.3 is 15.4 Å². The van der Waals surface area contributed by atoms with Crippen LogP contribution in [0.5, 0.6) is 5.75 Å². The maximum atomic E-state index is 14.4. The third-order valence-corrected chi connectivity index (χ3v) is 7.07. The SMILES string of the molecule is CC(C)COc1cc(F)cc(-c2ccc(C(=O)NS(=O)(=O)c3cccc(N)n3)c(N3CC[C@H](C)C3)n2)c1.[HH]. The van der Waals surface area contributed by atoms with Crippen molar-refractivity contribution in [1.82, 2.24) is 14.7 Å². The number of carbonyl (C=O) groups excluding carboxylic acids is 1. The smallest absolute Gasteiger partial charge is 0.281 e. The zero-order chi connectivity index (χ0) is 26.7. The van der Waals surface area contributed by atoms with Crippen molar-refractivity contribution in [3.63, 3.8) is 0 Å². The van der Waals surface area contributed by atoms with Crippen LogP contribution in [0.3, 0.4) is 0 Å². The molecule has 1 atom stereocenters. The summed E-state index contributed by atoms with van der Waals surface area (Å²) >= 11 is 0. The van der Waals surface area contributed by atoms with E-state index >= 15 is 0 Å². The number of anilines is 2. The number of benzene rings is 1. The van der Waals surface area contributed by atoms with Crippen LogP contribution in [-0.2, 0) is 10.0 Å². The summed E-state index contributed by atoms with van der Waals surface area (Å²) in [4.78, 5) is 23.6. The fourth-order valence-corrected chi connectivity index (χ4v) is 4.96. The molecule has 0 unspecified atom stereocenters. The van der Waals surface area contributed by atoms with Gasteiger partial charge in [-0.05, 0) is 54.7 Å². The molecule has 0 aliphatic carbocycles. The average molecular weight is 530 g/mol. The Morgan fingerprint density at radius 2 is 2.03 bits per heavy atom. The van der Waals surface area contributed by atoms with Gasteiger partial charge in [-0.25, -0.2) is 19.1 Å². The Hall–Kier alpha value is -3.73. The summed E-state index contributed by atoms with van der Waals surface area (Å²) in [6.07, 6.45) is 0.894. The minimum atomic E-state index is -4.27. The monoisotopic (exact) mass is 529 g/mol. The van der Waals surface area contributed by atoms with Gasteiger partial charge in [-0.1, -0.05) is 26.8 Å². The zero-order valence-corrected chi connectivity index (χ0v) is 21.8. The van der Waals surface area contributed by atoms with Gasteiger partial charge in [0.25, 0.3) is 15.9 Å². The maximum Gasteiger partial charge on any atom is 0.281 e. The molecule has 3 heterocycles. The molecular weight excluding hydrogens is 497 g/mol. The van der Waals surface area contributed by atoms with Gasteiger partial charge in [0.05, 0.1) is 17.9 Å². The van der Waals surface area contributed by atoms with Crippen molar-refractivity contribution in [2.45, 2.75) is 32.2 Å². The largest absolute Gasteiger partial charge is 0.493 e. The molecule has 0 bridgehead atoms. The molecule has 11 heteroatoms. The first-order chi connectivity index (χ1) is 17.5. The molecule has 37 heavy (non-hydrogen) atoms. The van der Waals surface area contributed by atoms with E-state index in [9.17, 15) is 17.6 Å². The van der Waals surface area contributed by atoms with E-state index in [1.807, 2.05) is 18.7 Å². The van der Waals surface area contributed by atoms with E-state index in [2.05, 4.69) is 21.6 Å². The Morgan fingerprint density at radius 1 is 1.24 bits per heavy atom. The molecule has 9 nitrogen and oxygen atoms in total. The molecule has 1 aromatic carbocycles. The van der Waals surface area contributed by atoms with Gasteiger partial charge in [0.1, 0.15) is 23.2 Å². The number of hydrogen-bond donors (Lipinski definition) is 2. The Kier molecular flexibility index (Phi) is 7.63. The molecule has 0 spiro atoms. The number of ether oxygens (including phenoxy) is 1. The van der Waals surface area contributed by atoms with Crippen molar-refractivity contribution in [3.05, 3.63) is 59.9 Å². The predicted molar refractivity (Wildman–Crippen MR) is 141 cm³/mol. The molecule has 4 rings (SSSR count). The van der Waals surface area contributed by atoms with Gasteiger partial charge in [0.15, 0.2) is 5.03 Å². The number of nitrogens with two attached hydrogens (primary N) is 1. The summed E-state index contributed by atoms with van der Waals surface area (Å²) in [5.41, 5.74) is 6.60. The molecule has 0 saturated carbocycles. The second-order valence-electron chi connectivity index (χ2n) is 9.62. The number of hydrogen-bond acceptors (Lipinski definition) is 8. The van der Waals surface area contributed by atoms with Gasteiger partial charge in [0.2, 0.25) is 0 Å². The van der Waals surface area contributed by atoms with Crippen LogP contribution in [0.1, 0.15) is 39.0 Å². The van der Waals surface area contributed by atoms with Crippen LogP contribution in [0.25, 0.3) is 11.3 Å². The molecule has 3 aromatic rings. The highest BCUT2D eigenvalue weighted by molar-refractivity contribution is 7.90. The van der Waals surface area contributed by atoms with Crippen LogP contribution in [0.2, 0.25) is 0 Å². The number of rotatable bonds is 8. The lowest BCUT2D eigenvalue weighted by molar-refractivity contribution is 0.0981. The van der Waals surface area contributed by atoms with Crippen molar-refractivity contribution < 1.29 is 23.8 Å². The highest BCUT2D eigenvalue weighted by Crippen LogP contribution is 2.31. The number of nitrogens with zero attached hydrogens (tertiary/aromatic N) is 3. The molecule has 198 valence electrons. The highest BCUT2D eigenvalue weighted by Gasteiger charge is 2.28. The fourth-order valence-electron chi connectivity index (χ4n) is 4.02. The number of aromatic nitrogens is 2. The van der Waals surface area contributed by atoms with E-state index in [4.69, 9.17) is 10.5 Å². The second-order valence-corrected chi connectivity index (χ2v) is 11.3. The molecule has 0 radical (unpaired) electrons. The average Bonchev–Trinajstić information content (AvgIpc) is 3.28. The first-order valence-corrected chi connectivity index (χ1v) is 13.5. The van der Waals surface area contributed by atoms with E-state index in [0.717, 1.165) is 6.42 Å². The lowest BCUT2D eigenvalue weighted by Gasteiger charge is -2.21. The Morgan fingerprint density at radius 3 is 2.70 bits per heavy atom. The molecule has 1 amide bonds. The normalized spacial score (nSPS) is 15.7. The van der Waals surface area contributed by atoms with Crippen LogP contribution in [0, 0.1) is 17.7 Å². The van der Waals surface area contributed by atoms with Gasteiger partial charge in [-0.15, -0.1) is 0 Å². The Bertz CT molecular complexity index is 1420. The van der Waals surface area contributed by atoms with Crippen molar-refractivity contribution in [3.8, 4) is 17.0 Å². The lowest BCUT2D eigenvalue weighted by Crippen LogP contribution is -2.33. The van der Waals surface area contributed by atoms with E-state index < -0.39 is 21.7 Å². The van der Waals surface area contributed by atoms with Gasteiger partial charge in [0, 0.05) is 26.1 Å². The molecule has 1 fully saturated rings. The fraction of sp³-hybridized carbons (Fsp3) is 0.346.